The Balaban J connectivity index is 1.20. The monoisotopic (exact) mass is 690 g/mol. The van der Waals surface area contributed by atoms with Crippen LogP contribution in [0.5, 0.6) is 17.2 Å². The van der Waals surface area contributed by atoms with E-state index in [0.717, 1.165) is 30.6 Å². The van der Waals surface area contributed by atoms with Crippen LogP contribution in [0.4, 0.5) is 5.69 Å². The summed E-state index contributed by atoms with van der Waals surface area (Å²) in [5.41, 5.74) is 1.05. The number of carbonyl (C=O) groups excluding carboxylic acids is 1. The van der Waals surface area contributed by atoms with Gasteiger partial charge < -0.3 is 14.4 Å². The quantitative estimate of drug-likeness (QED) is 0.179. The van der Waals surface area contributed by atoms with Crippen LogP contribution >= 0.6 is 23.2 Å². The van der Waals surface area contributed by atoms with Gasteiger partial charge in [-0.2, -0.15) is 0 Å². The minimum Gasteiger partial charge on any atom is -0.497 e. The smallest absolute Gasteiger partial charge is 0.261 e. The summed E-state index contributed by atoms with van der Waals surface area (Å²) < 4.78 is 41.4. The van der Waals surface area contributed by atoms with Gasteiger partial charge in [0, 0.05) is 17.1 Å². The minimum atomic E-state index is -4.08. The molecule has 10 heteroatoms. The second-order valence-corrected chi connectivity index (χ2v) is 15.7. The first-order chi connectivity index (χ1) is 22.6. The Morgan fingerprint density at radius 3 is 2.19 bits per heavy atom. The number of nitrogens with one attached hydrogen (secondary N) is 1. The Kier molecular flexibility index (Phi) is 8.62. The highest BCUT2D eigenvalue weighted by atomic mass is 35.5. The molecule has 0 unspecified atom stereocenters. The SMILES string of the molecule is COc1cccc(CN(C(=O)c2cc(Cl)ccc2NS(=O)(=O)c2ccc(Oc3ccccc3Cl)cc2)C23CC4CC(CC(C4)C2)C3)c1. The van der Waals surface area contributed by atoms with Gasteiger partial charge in [0.05, 0.1) is 28.3 Å². The van der Waals surface area contributed by atoms with Crippen molar-refractivity contribution in [1.82, 2.24) is 4.90 Å². The van der Waals surface area contributed by atoms with Crippen molar-refractivity contribution < 1.29 is 22.7 Å². The Hall–Kier alpha value is -3.72. The fraction of sp³-hybridized carbons (Fsp3) is 0.324. The summed E-state index contributed by atoms with van der Waals surface area (Å²) in [4.78, 5) is 16.9. The molecule has 4 bridgehead atoms. The van der Waals surface area contributed by atoms with Crippen molar-refractivity contribution >= 4 is 44.8 Å². The van der Waals surface area contributed by atoms with Gasteiger partial charge in [-0.3, -0.25) is 9.52 Å². The maximum absolute atomic E-state index is 14.8. The van der Waals surface area contributed by atoms with Gasteiger partial charge >= 0.3 is 0 Å². The van der Waals surface area contributed by atoms with Crippen LogP contribution in [0, 0.1) is 17.8 Å². The van der Waals surface area contributed by atoms with Gasteiger partial charge in [0.2, 0.25) is 0 Å². The Bertz CT molecular complexity index is 1880. The highest BCUT2D eigenvalue weighted by Crippen LogP contribution is 2.58. The zero-order valence-electron chi connectivity index (χ0n) is 26.0. The van der Waals surface area contributed by atoms with Crippen LogP contribution in [0.25, 0.3) is 0 Å². The fourth-order valence-electron chi connectivity index (χ4n) is 8.28. The van der Waals surface area contributed by atoms with E-state index >= 15 is 0 Å². The minimum absolute atomic E-state index is 0.0201. The molecule has 7 nitrogen and oxygen atoms in total. The van der Waals surface area contributed by atoms with Crippen molar-refractivity contribution in [2.45, 2.75) is 55.5 Å². The van der Waals surface area contributed by atoms with Crippen LogP contribution in [0.15, 0.2) is 95.9 Å². The molecule has 4 aromatic carbocycles. The van der Waals surface area contributed by atoms with Gasteiger partial charge in [-0.15, -0.1) is 0 Å². The van der Waals surface area contributed by atoms with Gasteiger partial charge in [-0.05, 0) is 129 Å². The molecule has 8 rings (SSSR count). The van der Waals surface area contributed by atoms with E-state index in [0.29, 0.717) is 45.8 Å². The van der Waals surface area contributed by atoms with Crippen molar-refractivity contribution in [1.29, 1.82) is 0 Å². The summed E-state index contributed by atoms with van der Waals surface area (Å²) in [5, 5.41) is 0.795. The van der Waals surface area contributed by atoms with E-state index in [-0.39, 0.29) is 27.6 Å². The molecule has 4 aliphatic rings. The molecule has 0 aliphatic heterocycles. The van der Waals surface area contributed by atoms with Crippen LogP contribution in [-0.4, -0.2) is 31.9 Å². The zero-order valence-corrected chi connectivity index (χ0v) is 28.3. The molecular weight excluding hydrogens is 655 g/mol. The van der Waals surface area contributed by atoms with E-state index < -0.39 is 10.0 Å². The maximum Gasteiger partial charge on any atom is 0.261 e. The Labute approximate surface area is 285 Å². The first-order valence-electron chi connectivity index (χ1n) is 15.9. The summed E-state index contributed by atoms with van der Waals surface area (Å²) in [6.45, 7) is 0.383. The third kappa shape index (κ3) is 6.56. The number of carbonyl (C=O) groups is 1. The highest BCUT2D eigenvalue weighted by molar-refractivity contribution is 7.92. The van der Waals surface area contributed by atoms with E-state index in [1.807, 2.05) is 29.2 Å². The number of benzene rings is 4. The lowest BCUT2D eigenvalue weighted by Gasteiger charge is -2.60. The van der Waals surface area contributed by atoms with Gasteiger partial charge in [-0.1, -0.05) is 47.5 Å². The molecule has 0 heterocycles. The predicted octanol–water partition coefficient (Wildman–Crippen LogP) is 9.21. The number of para-hydroxylation sites is 1. The lowest BCUT2D eigenvalue weighted by atomic mass is 9.52. The van der Waals surface area contributed by atoms with Crippen molar-refractivity contribution in [3.8, 4) is 17.2 Å². The first-order valence-corrected chi connectivity index (χ1v) is 18.1. The molecule has 0 spiro atoms. The third-order valence-electron chi connectivity index (χ3n) is 9.95. The highest BCUT2D eigenvalue weighted by Gasteiger charge is 2.55. The molecule has 4 saturated carbocycles. The van der Waals surface area contributed by atoms with E-state index in [1.165, 1.54) is 31.4 Å². The average Bonchev–Trinajstić information content (AvgIpc) is 3.05. The topological polar surface area (TPSA) is 84.9 Å². The number of sulfonamides is 1. The number of rotatable bonds is 10. The Morgan fingerprint density at radius 2 is 1.53 bits per heavy atom. The molecule has 0 radical (unpaired) electrons. The molecular formula is C37H36Cl2N2O5S. The number of hydrogen-bond donors (Lipinski definition) is 1. The number of amides is 1. The fourth-order valence-corrected chi connectivity index (χ4v) is 9.70. The number of methoxy groups -OCH3 is 1. The molecule has 4 aromatic rings. The molecule has 1 N–H and O–H groups in total. The lowest BCUT2D eigenvalue weighted by Crippen LogP contribution is -2.61. The molecule has 0 atom stereocenters. The number of anilines is 1. The molecule has 244 valence electrons. The number of ether oxygens (including phenoxy) is 2. The van der Waals surface area contributed by atoms with Crippen molar-refractivity contribution in [2.75, 3.05) is 11.8 Å². The summed E-state index contributed by atoms with van der Waals surface area (Å²) in [7, 11) is -2.45. The van der Waals surface area contributed by atoms with Crippen molar-refractivity contribution in [3.63, 3.8) is 0 Å². The Morgan fingerprint density at radius 1 is 0.851 bits per heavy atom. The molecule has 4 aliphatic carbocycles. The standard InChI is InChI=1S/C37H36Cl2N2O5S/c1-45-30-6-4-5-24(18-30)23-41(37-20-25-15-26(21-37)17-27(16-25)22-37)36(42)32-19-28(38)9-14-34(32)40-47(43,44)31-12-10-29(11-13-31)46-35-8-3-2-7-33(35)39/h2-14,18-19,25-27,40H,15-17,20-23H2,1H3. The van der Waals surface area contributed by atoms with Crippen LogP contribution in [0.1, 0.15) is 54.4 Å². The number of nitrogens with zero attached hydrogens (tertiary/aromatic N) is 1. The molecule has 0 saturated heterocycles. The number of halogens is 2. The zero-order chi connectivity index (χ0) is 32.8. The van der Waals surface area contributed by atoms with E-state index in [4.69, 9.17) is 32.7 Å². The lowest BCUT2D eigenvalue weighted by molar-refractivity contribution is -0.0775. The normalized spacial score (nSPS) is 22.9. The summed E-state index contributed by atoms with van der Waals surface area (Å²) in [6, 6.07) is 25.6. The predicted molar refractivity (Wildman–Crippen MR) is 184 cm³/mol. The summed E-state index contributed by atoms with van der Waals surface area (Å²) in [5.74, 6) is 3.18. The van der Waals surface area contributed by atoms with Gasteiger partial charge in [-0.25, -0.2) is 8.42 Å². The largest absolute Gasteiger partial charge is 0.497 e. The second kappa shape index (κ2) is 12.7. The van der Waals surface area contributed by atoms with E-state index in [1.54, 1.807) is 61.7 Å². The second-order valence-electron chi connectivity index (χ2n) is 13.2. The van der Waals surface area contributed by atoms with Gasteiger partial charge in [0.25, 0.3) is 15.9 Å². The van der Waals surface area contributed by atoms with Crippen LogP contribution < -0.4 is 14.2 Å². The van der Waals surface area contributed by atoms with E-state index in [2.05, 4.69) is 4.72 Å². The summed E-state index contributed by atoms with van der Waals surface area (Å²) in [6.07, 6.45) is 6.55. The van der Waals surface area contributed by atoms with Crippen molar-refractivity contribution in [3.05, 3.63) is 112 Å². The first kappa shape index (κ1) is 31.9. The van der Waals surface area contributed by atoms with Crippen LogP contribution in [-0.2, 0) is 16.6 Å². The summed E-state index contributed by atoms with van der Waals surface area (Å²) >= 11 is 12.7. The van der Waals surface area contributed by atoms with E-state index in [9.17, 15) is 13.2 Å². The average molecular weight is 692 g/mol. The number of hydrogen-bond acceptors (Lipinski definition) is 5. The van der Waals surface area contributed by atoms with Gasteiger partial charge in [0.15, 0.2) is 0 Å². The molecule has 4 fully saturated rings. The molecule has 1 amide bonds. The van der Waals surface area contributed by atoms with Crippen molar-refractivity contribution in [2.24, 2.45) is 17.8 Å². The molecule has 0 aromatic heterocycles. The van der Waals surface area contributed by atoms with Crippen LogP contribution in [0.3, 0.4) is 0 Å². The van der Waals surface area contributed by atoms with Crippen LogP contribution in [0.2, 0.25) is 10.0 Å². The molecule has 47 heavy (non-hydrogen) atoms. The maximum atomic E-state index is 14.8. The van der Waals surface area contributed by atoms with Gasteiger partial charge in [0.1, 0.15) is 17.2 Å². The third-order valence-corrected chi connectivity index (χ3v) is 11.9.